The molecular formula is C22H17ClFN3O3S. The standard InChI is InChI=1S/C22H17ClFN3O3S/c23-17-8-13(3-5-18(17)24)9-20-21(28)16-10-15(4-6-19(16)27-31(20)30)22(29)26-12-14-2-1-7-25-11-14/h1-8,10-11,20,27H,9,12H2,(H,26,29). The number of anilines is 1. The monoisotopic (exact) mass is 457 g/mol. The van der Waals surface area contributed by atoms with Crippen molar-refractivity contribution in [2.24, 2.45) is 0 Å². The van der Waals surface area contributed by atoms with Crippen molar-refractivity contribution >= 4 is 40.0 Å². The van der Waals surface area contributed by atoms with E-state index < -0.39 is 22.1 Å². The second-order valence-corrected chi connectivity index (χ2v) is 8.78. The molecule has 4 rings (SSSR count). The van der Waals surface area contributed by atoms with Crippen molar-refractivity contribution in [3.63, 3.8) is 0 Å². The van der Waals surface area contributed by atoms with Gasteiger partial charge in [-0.25, -0.2) is 8.60 Å². The number of pyridine rings is 1. The Bertz CT molecular complexity index is 1190. The Morgan fingerprint density at radius 2 is 2.03 bits per heavy atom. The summed E-state index contributed by atoms with van der Waals surface area (Å²) < 4.78 is 28.8. The molecule has 0 aliphatic carbocycles. The normalized spacial score (nSPS) is 17.5. The van der Waals surface area contributed by atoms with Gasteiger partial charge >= 0.3 is 0 Å². The summed E-state index contributed by atoms with van der Waals surface area (Å²) in [7, 11) is -1.67. The van der Waals surface area contributed by atoms with E-state index in [4.69, 9.17) is 11.6 Å². The minimum absolute atomic E-state index is 0.0625. The van der Waals surface area contributed by atoms with Crippen molar-refractivity contribution in [1.29, 1.82) is 0 Å². The lowest BCUT2D eigenvalue weighted by Crippen LogP contribution is -2.37. The molecular weight excluding hydrogens is 441 g/mol. The summed E-state index contributed by atoms with van der Waals surface area (Å²) in [5.74, 6) is -1.26. The number of halogens is 2. The average Bonchev–Trinajstić information content (AvgIpc) is 2.78. The van der Waals surface area contributed by atoms with Crippen LogP contribution in [0.15, 0.2) is 60.9 Å². The molecule has 2 N–H and O–H groups in total. The Hall–Kier alpha value is -3.10. The first kappa shape index (κ1) is 21.1. The van der Waals surface area contributed by atoms with Crippen molar-refractivity contribution in [1.82, 2.24) is 10.3 Å². The fourth-order valence-corrected chi connectivity index (χ4v) is 4.67. The fourth-order valence-electron chi connectivity index (χ4n) is 3.26. The molecule has 0 saturated heterocycles. The quantitative estimate of drug-likeness (QED) is 0.611. The van der Waals surface area contributed by atoms with Crippen molar-refractivity contribution < 1.29 is 18.2 Å². The van der Waals surface area contributed by atoms with Crippen LogP contribution in [0.2, 0.25) is 5.02 Å². The van der Waals surface area contributed by atoms with Crippen LogP contribution in [0.3, 0.4) is 0 Å². The van der Waals surface area contributed by atoms with Gasteiger partial charge < -0.3 is 10.0 Å². The Morgan fingerprint density at radius 3 is 2.77 bits per heavy atom. The molecule has 31 heavy (non-hydrogen) atoms. The molecule has 1 aromatic heterocycles. The first-order valence-electron chi connectivity index (χ1n) is 9.39. The predicted octanol–water partition coefficient (Wildman–Crippen LogP) is 3.69. The molecule has 0 spiro atoms. The molecule has 0 bridgehead atoms. The number of nitrogens with one attached hydrogen (secondary N) is 2. The van der Waals surface area contributed by atoms with Crippen LogP contribution in [0.5, 0.6) is 0 Å². The van der Waals surface area contributed by atoms with Gasteiger partial charge in [-0.3, -0.25) is 14.6 Å². The Kier molecular flexibility index (Phi) is 6.11. The van der Waals surface area contributed by atoms with Gasteiger partial charge in [-0.15, -0.1) is 0 Å². The smallest absolute Gasteiger partial charge is 0.251 e. The van der Waals surface area contributed by atoms with Crippen molar-refractivity contribution in [2.45, 2.75) is 18.2 Å². The summed E-state index contributed by atoms with van der Waals surface area (Å²) in [6.45, 7) is 0.300. The van der Waals surface area contributed by atoms with Crippen LogP contribution < -0.4 is 10.0 Å². The third kappa shape index (κ3) is 4.65. The van der Waals surface area contributed by atoms with Crippen LogP contribution >= 0.6 is 11.6 Å². The van der Waals surface area contributed by atoms with Gasteiger partial charge in [0.1, 0.15) is 22.1 Å². The Labute approximate surface area is 185 Å². The van der Waals surface area contributed by atoms with Crippen molar-refractivity contribution in [2.75, 3.05) is 4.72 Å². The average molecular weight is 458 g/mol. The number of nitrogens with zero attached hydrogens (tertiary/aromatic N) is 1. The first-order valence-corrected chi connectivity index (χ1v) is 11.0. The van der Waals surface area contributed by atoms with Gasteiger partial charge in [-0.05, 0) is 53.9 Å². The van der Waals surface area contributed by atoms with Gasteiger partial charge in [0, 0.05) is 30.1 Å². The summed E-state index contributed by atoms with van der Waals surface area (Å²) in [4.78, 5) is 29.6. The molecule has 2 atom stereocenters. The van der Waals surface area contributed by atoms with Gasteiger partial charge in [0.15, 0.2) is 5.78 Å². The number of aromatic nitrogens is 1. The predicted molar refractivity (Wildman–Crippen MR) is 117 cm³/mol. The zero-order valence-corrected chi connectivity index (χ0v) is 17.7. The highest BCUT2D eigenvalue weighted by Crippen LogP contribution is 2.29. The van der Waals surface area contributed by atoms with Crippen molar-refractivity contribution in [3.05, 3.63) is 94.0 Å². The number of rotatable bonds is 5. The zero-order chi connectivity index (χ0) is 22.0. The van der Waals surface area contributed by atoms with Crippen LogP contribution in [0.4, 0.5) is 10.1 Å². The minimum Gasteiger partial charge on any atom is -0.348 e. The van der Waals surface area contributed by atoms with E-state index in [0.29, 0.717) is 23.4 Å². The van der Waals surface area contributed by atoms with Crippen LogP contribution in [-0.2, 0) is 24.0 Å². The largest absolute Gasteiger partial charge is 0.348 e. The molecule has 2 heterocycles. The second-order valence-electron chi connectivity index (χ2n) is 7.01. The minimum atomic E-state index is -1.67. The van der Waals surface area contributed by atoms with Gasteiger partial charge in [0.05, 0.1) is 10.7 Å². The number of amides is 1. The van der Waals surface area contributed by atoms with Gasteiger partial charge in [-0.2, -0.15) is 0 Å². The molecule has 0 fully saturated rings. The molecule has 3 aromatic rings. The van der Waals surface area contributed by atoms with Crippen LogP contribution in [0.25, 0.3) is 0 Å². The molecule has 1 aliphatic rings. The van der Waals surface area contributed by atoms with Crippen molar-refractivity contribution in [3.8, 4) is 0 Å². The molecule has 1 aliphatic heterocycles. The maximum Gasteiger partial charge on any atom is 0.251 e. The highest BCUT2D eigenvalue weighted by molar-refractivity contribution is 7.88. The van der Waals surface area contributed by atoms with E-state index in [-0.39, 0.29) is 28.7 Å². The van der Waals surface area contributed by atoms with Crippen LogP contribution in [0.1, 0.15) is 31.8 Å². The van der Waals surface area contributed by atoms with E-state index >= 15 is 0 Å². The number of benzene rings is 2. The van der Waals surface area contributed by atoms with E-state index in [9.17, 15) is 18.2 Å². The highest BCUT2D eigenvalue weighted by Gasteiger charge is 2.34. The fraction of sp³-hybridized carbons (Fsp3) is 0.136. The molecule has 2 unspecified atom stereocenters. The molecule has 1 amide bonds. The van der Waals surface area contributed by atoms with E-state index in [1.807, 2.05) is 6.07 Å². The summed E-state index contributed by atoms with van der Waals surface area (Å²) in [6, 6.07) is 12.4. The number of hydrogen-bond donors (Lipinski definition) is 2. The van der Waals surface area contributed by atoms with Gasteiger partial charge in [-0.1, -0.05) is 23.7 Å². The summed E-state index contributed by atoms with van der Waals surface area (Å²) in [5.41, 5.74) is 2.44. The van der Waals surface area contributed by atoms with E-state index in [1.165, 1.54) is 24.3 Å². The summed E-state index contributed by atoms with van der Waals surface area (Å²) in [5, 5.41) is 1.84. The lowest BCUT2D eigenvalue weighted by molar-refractivity contribution is 0.0951. The number of carbonyl (C=O) groups is 2. The number of carbonyl (C=O) groups excluding carboxylic acids is 2. The Balaban J connectivity index is 1.53. The number of hydrogen-bond acceptors (Lipinski definition) is 4. The summed E-state index contributed by atoms with van der Waals surface area (Å²) >= 11 is 5.82. The molecule has 0 saturated carbocycles. The SMILES string of the molecule is O=C(NCc1cccnc1)c1ccc2c(c1)C(=O)C(Cc1ccc(F)c(Cl)c1)S(=O)N2. The van der Waals surface area contributed by atoms with E-state index in [1.54, 1.807) is 30.6 Å². The van der Waals surface area contributed by atoms with Gasteiger partial charge in [0.25, 0.3) is 5.91 Å². The number of fused-ring (bicyclic) bond motifs is 1. The summed E-state index contributed by atoms with van der Waals surface area (Å²) in [6.07, 6.45) is 3.42. The lowest BCUT2D eigenvalue weighted by atomic mass is 9.98. The first-order chi connectivity index (χ1) is 14.9. The Morgan fingerprint density at radius 1 is 1.19 bits per heavy atom. The molecule has 2 aromatic carbocycles. The maximum absolute atomic E-state index is 13.4. The lowest BCUT2D eigenvalue weighted by Gasteiger charge is -2.24. The second kappa shape index (κ2) is 8.95. The third-order valence-electron chi connectivity index (χ3n) is 4.89. The third-order valence-corrected chi connectivity index (χ3v) is 6.50. The number of Topliss-reactive ketones (excluding diaryl/α,β-unsaturated/α-hetero) is 1. The van der Waals surface area contributed by atoms with Crippen LogP contribution in [-0.4, -0.2) is 26.1 Å². The molecule has 158 valence electrons. The molecule has 9 heteroatoms. The molecule has 0 radical (unpaired) electrons. The van der Waals surface area contributed by atoms with E-state index in [0.717, 1.165) is 5.56 Å². The van der Waals surface area contributed by atoms with E-state index in [2.05, 4.69) is 15.0 Å². The maximum atomic E-state index is 13.4. The highest BCUT2D eigenvalue weighted by atomic mass is 35.5. The number of ketones is 1. The molecule has 6 nitrogen and oxygen atoms in total. The zero-order valence-electron chi connectivity index (χ0n) is 16.1. The van der Waals surface area contributed by atoms with Gasteiger partial charge in [0.2, 0.25) is 0 Å². The van der Waals surface area contributed by atoms with Crippen LogP contribution in [0, 0.1) is 5.82 Å². The topological polar surface area (TPSA) is 88.2 Å².